The first-order chi connectivity index (χ1) is 20.1. The summed E-state index contributed by atoms with van der Waals surface area (Å²) in [5.41, 5.74) is 1.52. The highest BCUT2D eigenvalue weighted by molar-refractivity contribution is 7.70. The molecule has 10 nitrogen and oxygen atoms in total. The highest BCUT2D eigenvalue weighted by Gasteiger charge is 2.37. The van der Waals surface area contributed by atoms with E-state index in [9.17, 15) is 29.7 Å². The number of anilines is 1. The SMILES string of the molecule is C/C(=C\C(=O)OCCCCCCCC(=O)Nc1c2sscc-2[nH]c1=O)C[C@@H]1OC[C@H](C/C=C/[C@@H](C)[C@H](C)O)[C@@H](O)[C@@H]1O. The number of fused-ring (bicyclic) bond motifs is 1. The van der Waals surface area contributed by atoms with Crippen molar-refractivity contribution in [1.29, 1.82) is 0 Å². The van der Waals surface area contributed by atoms with E-state index in [-0.39, 0.29) is 23.3 Å². The second-order valence-corrected chi connectivity index (χ2v) is 13.3. The van der Waals surface area contributed by atoms with E-state index in [0.717, 1.165) is 29.8 Å². The van der Waals surface area contributed by atoms with Gasteiger partial charge in [-0.2, -0.15) is 0 Å². The van der Waals surface area contributed by atoms with Gasteiger partial charge in [0, 0.05) is 23.8 Å². The van der Waals surface area contributed by atoms with Gasteiger partial charge in [-0.15, -0.1) is 0 Å². The number of ether oxygens (including phenoxy) is 2. The number of hydrogen-bond donors (Lipinski definition) is 5. The van der Waals surface area contributed by atoms with Crippen LogP contribution < -0.4 is 10.9 Å². The average Bonchev–Trinajstić information content (AvgIpc) is 3.50. The predicted molar refractivity (Wildman–Crippen MR) is 165 cm³/mol. The predicted octanol–water partition coefficient (Wildman–Crippen LogP) is 4.46. The maximum Gasteiger partial charge on any atom is 0.330 e. The Hall–Kier alpha value is -2.35. The number of rotatable bonds is 16. The Morgan fingerprint density at radius 2 is 1.93 bits per heavy atom. The highest BCUT2D eigenvalue weighted by atomic mass is 32.9. The smallest absolute Gasteiger partial charge is 0.330 e. The largest absolute Gasteiger partial charge is 0.463 e. The summed E-state index contributed by atoms with van der Waals surface area (Å²) in [7, 11) is 2.97. The molecular weight excluding hydrogens is 580 g/mol. The summed E-state index contributed by atoms with van der Waals surface area (Å²) in [5, 5.41) is 35.3. The molecule has 0 aromatic rings. The molecular formula is C30H44N2O8S2. The van der Waals surface area contributed by atoms with Crippen molar-refractivity contribution >= 4 is 38.2 Å². The Bertz CT molecular complexity index is 1220. The van der Waals surface area contributed by atoms with Crippen LogP contribution in [0.2, 0.25) is 0 Å². The quantitative estimate of drug-likeness (QED) is 0.0602. The summed E-state index contributed by atoms with van der Waals surface area (Å²) in [5.74, 6) is -0.854. The average molecular weight is 625 g/mol. The van der Waals surface area contributed by atoms with Gasteiger partial charge in [-0.05, 0) is 45.4 Å². The number of aromatic amines is 1. The van der Waals surface area contributed by atoms with Gasteiger partial charge < -0.3 is 35.1 Å². The van der Waals surface area contributed by atoms with Crippen molar-refractivity contribution in [3.63, 3.8) is 0 Å². The van der Waals surface area contributed by atoms with Crippen LogP contribution in [0.4, 0.5) is 5.69 Å². The second kappa shape index (κ2) is 17.1. The zero-order valence-corrected chi connectivity index (χ0v) is 26.2. The van der Waals surface area contributed by atoms with Gasteiger partial charge in [0.15, 0.2) is 0 Å². The number of allylic oxidation sites excluding steroid dienone is 1. The Balaban J connectivity index is 1.25. The standard InChI is InChI=1S/C30H44N2O8S2/c1-18(14-23-28(37)27(36)21(16-40-23)11-9-10-19(2)20(3)33)15-25(35)39-13-8-6-4-5-7-12-24(34)32-26-29-22(17-41-42-29)31-30(26)38/h9-10,15,17,19-21,23,27-28,33,36-37H,4-8,11-14,16H2,1-3H3,(H,31,38)(H,32,34)/b10-9+,18-15+/t19-,20+,21+,23+,27-,28-/m1/s1. The Morgan fingerprint density at radius 1 is 1.19 bits per heavy atom. The number of unbranched alkanes of at least 4 members (excludes halogenated alkanes) is 4. The number of hydrogen-bond acceptors (Lipinski definition) is 10. The molecule has 3 heterocycles. The summed E-state index contributed by atoms with van der Waals surface area (Å²) in [6.07, 6.45) is 7.40. The molecule has 1 amide bonds. The summed E-state index contributed by atoms with van der Waals surface area (Å²) < 4.78 is 11.1. The van der Waals surface area contributed by atoms with Crippen LogP contribution in [-0.2, 0) is 19.1 Å². The van der Waals surface area contributed by atoms with E-state index in [4.69, 9.17) is 9.47 Å². The van der Waals surface area contributed by atoms with Gasteiger partial charge in [0.05, 0.1) is 42.1 Å². The maximum atomic E-state index is 12.2. The van der Waals surface area contributed by atoms with Gasteiger partial charge in [-0.1, -0.05) is 64.6 Å². The summed E-state index contributed by atoms with van der Waals surface area (Å²) in [4.78, 5) is 39.9. The minimum atomic E-state index is -1.06. The second-order valence-electron chi connectivity index (χ2n) is 11.2. The number of nitrogens with one attached hydrogen (secondary N) is 2. The van der Waals surface area contributed by atoms with Crippen LogP contribution in [-0.4, -0.2) is 69.8 Å². The molecule has 5 N–H and O–H groups in total. The number of carbonyl (C=O) groups excluding carboxylic acids is 2. The molecule has 0 aromatic carbocycles. The highest BCUT2D eigenvalue weighted by Crippen LogP contribution is 2.35. The lowest BCUT2D eigenvalue weighted by molar-refractivity contribution is -0.162. The van der Waals surface area contributed by atoms with E-state index in [1.807, 2.05) is 24.5 Å². The van der Waals surface area contributed by atoms with Crippen molar-refractivity contribution in [2.75, 3.05) is 18.5 Å². The Morgan fingerprint density at radius 3 is 2.69 bits per heavy atom. The molecule has 6 atom stereocenters. The molecule has 0 unspecified atom stereocenters. The van der Waals surface area contributed by atoms with Crippen molar-refractivity contribution in [3.05, 3.63) is 39.5 Å². The topological polar surface area (TPSA) is 158 Å². The molecule has 3 aliphatic heterocycles. The normalized spacial score (nSPS) is 22.9. The molecule has 0 bridgehead atoms. The zero-order chi connectivity index (χ0) is 30.6. The number of amides is 1. The van der Waals surface area contributed by atoms with E-state index >= 15 is 0 Å². The van der Waals surface area contributed by atoms with Crippen molar-refractivity contribution in [2.45, 2.75) is 96.6 Å². The monoisotopic (exact) mass is 624 g/mol. The van der Waals surface area contributed by atoms with E-state index < -0.39 is 30.4 Å². The van der Waals surface area contributed by atoms with Gasteiger partial charge in [-0.3, -0.25) is 9.59 Å². The molecule has 3 rings (SSSR count). The van der Waals surface area contributed by atoms with Crippen molar-refractivity contribution in [2.24, 2.45) is 11.8 Å². The molecule has 1 saturated heterocycles. The van der Waals surface area contributed by atoms with E-state index in [1.54, 1.807) is 13.8 Å². The first-order valence-electron chi connectivity index (χ1n) is 14.6. The third-order valence-corrected chi connectivity index (χ3v) is 9.66. The fraction of sp³-hybridized carbons (Fsp3) is 0.633. The molecule has 0 saturated carbocycles. The van der Waals surface area contributed by atoms with Crippen LogP contribution in [0, 0.1) is 11.8 Å². The molecule has 42 heavy (non-hydrogen) atoms. The lowest BCUT2D eigenvalue weighted by atomic mass is 9.87. The van der Waals surface area contributed by atoms with Gasteiger partial charge in [-0.25, -0.2) is 4.79 Å². The molecule has 3 aliphatic rings. The van der Waals surface area contributed by atoms with Gasteiger partial charge >= 0.3 is 5.97 Å². The van der Waals surface area contributed by atoms with Crippen LogP contribution in [0.15, 0.2) is 34.0 Å². The van der Waals surface area contributed by atoms with Crippen molar-refractivity contribution < 1.29 is 34.4 Å². The van der Waals surface area contributed by atoms with E-state index in [1.165, 1.54) is 26.8 Å². The summed E-state index contributed by atoms with van der Waals surface area (Å²) in [6, 6.07) is 0. The van der Waals surface area contributed by atoms with Crippen LogP contribution >= 0.6 is 20.7 Å². The third-order valence-electron chi connectivity index (χ3n) is 7.57. The van der Waals surface area contributed by atoms with Crippen LogP contribution in [0.3, 0.4) is 0 Å². The lowest BCUT2D eigenvalue weighted by Gasteiger charge is -2.37. The van der Waals surface area contributed by atoms with E-state index in [0.29, 0.717) is 56.6 Å². The maximum absolute atomic E-state index is 12.2. The Kier molecular flexibility index (Phi) is 13.9. The number of aromatic nitrogens is 1. The molecule has 0 spiro atoms. The number of esters is 1. The van der Waals surface area contributed by atoms with Gasteiger partial charge in [0.2, 0.25) is 5.91 Å². The first kappa shape index (κ1) is 34.1. The van der Waals surface area contributed by atoms with Gasteiger partial charge in [0.1, 0.15) is 11.8 Å². The van der Waals surface area contributed by atoms with Crippen molar-refractivity contribution in [1.82, 2.24) is 4.98 Å². The molecule has 234 valence electrons. The third kappa shape index (κ3) is 10.4. The number of carbonyl (C=O) groups is 2. The first-order valence-corrected chi connectivity index (χ1v) is 16.8. The number of aliphatic hydroxyl groups excluding tert-OH is 3. The number of aliphatic hydroxyl groups is 3. The molecule has 1 fully saturated rings. The van der Waals surface area contributed by atoms with Crippen LogP contribution in [0.1, 0.15) is 72.1 Å². The summed E-state index contributed by atoms with van der Waals surface area (Å²) >= 11 is 0. The summed E-state index contributed by atoms with van der Waals surface area (Å²) in [6.45, 7) is 5.99. The fourth-order valence-corrected chi connectivity index (χ4v) is 6.91. The molecule has 0 aliphatic carbocycles. The molecule has 0 radical (unpaired) electrons. The fourth-order valence-electron chi connectivity index (χ4n) is 4.75. The minimum Gasteiger partial charge on any atom is -0.463 e. The molecule has 0 aromatic heterocycles. The minimum absolute atomic E-state index is 0.00597. The van der Waals surface area contributed by atoms with E-state index in [2.05, 4.69) is 10.3 Å². The van der Waals surface area contributed by atoms with Crippen LogP contribution in [0.5, 0.6) is 0 Å². The number of H-pyrrole nitrogens is 1. The molecule has 12 heteroatoms. The Labute approximate surface area is 254 Å². The van der Waals surface area contributed by atoms with Gasteiger partial charge in [0.25, 0.3) is 5.56 Å². The lowest BCUT2D eigenvalue weighted by Crippen LogP contribution is -2.50. The van der Waals surface area contributed by atoms with Crippen molar-refractivity contribution in [3.8, 4) is 10.6 Å². The zero-order valence-electron chi connectivity index (χ0n) is 24.5. The van der Waals surface area contributed by atoms with Crippen LogP contribution in [0.25, 0.3) is 10.6 Å².